The van der Waals surface area contributed by atoms with Crippen molar-refractivity contribution < 1.29 is 9.59 Å². The third kappa shape index (κ3) is 5.80. The number of rotatable bonds is 8. The van der Waals surface area contributed by atoms with Gasteiger partial charge in [0.15, 0.2) is 0 Å². The van der Waals surface area contributed by atoms with Crippen molar-refractivity contribution in [3.05, 3.63) is 83.7 Å². The Balaban J connectivity index is 1.67. The lowest BCUT2D eigenvalue weighted by Gasteiger charge is -2.20. The molecule has 156 valence electrons. The zero-order valence-electron chi connectivity index (χ0n) is 17.6. The van der Waals surface area contributed by atoms with Crippen molar-refractivity contribution in [2.24, 2.45) is 5.92 Å². The molecule has 0 aliphatic rings. The summed E-state index contributed by atoms with van der Waals surface area (Å²) >= 11 is 0. The highest BCUT2D eigenvalue weighted by Gasteiger charge is 2.23. The minimum Gasteiger partial charge on any atom is -0.340 e. The van der Waals surface area contributed by atoms with Crippen LogP contribution in [-0.2, 0) is 11.3 Å². The maximum absolute atomic E-state index is 12.9. The number of nitrogens with zero attached hydrogens (tertiary/aromatic N) is 2. The predicted octanol–water partition coefficient (Wildman–Crippen LogP) is 4.02. The number of aromatic nitrogens is 2. The molecule has 3 aromatic rings. The molecule has 0 spiro atoms. The molecule has 1 atom stereocenters. The number of aryl methyl sites for hydroxylation is 1. The average Bonchev–Trinajstić information content (AvgIpc) is 3.14. The first-order valence-corrected chi connectivity index (χ1v) is 10.2. The summed E-state index contributed by atoms with van der Waals surface area (Å²) in [5, 5.41) is 10.1. The van der Waals surface area contributed by atoms with E-state index in [0.717, 1.165) is 11.1 Å². The molecule has 6 nitrogen and oxygen atoms in total. The van der Waals surface area contributed by atoms with Gasteiger partial charge in [-0.3, -0.25) is 14.3 Å². The van der Waals surface area contributed by atoms with Crippen molar-refractivity contribution in [2.75, 3.05) is 5.32 Å². The number of benzene rings is 2. The fourth-order valence-electron chi connectivity index (χ4n) is 3.28. The second-order valence-corrected chi connectivity index (χ2v) is 7.87. The zero-order chi connectivity index (χ0) is 21.5. The SMILES string of the molecule is Cc1ccccc1C(=O)NC(CC(C)C)C(=O)Nc1cnn(Cc2ccccc2)c1. The average molecular weight is 405 g/mol. The van der Waals surface area contributed by atoms with E-state index in [4.69, 9.17) is 0 Å². The Morgan fingerprint density at radius 2 is 1.73 bits per heavy atom. The van der Waals surface area contributed by atoms with Crippen molar-refractivity contribution in [1.82, 2.24) is 15.1 Å². The maximum atomic E-state index is 12.9. The number of hydrogen-bond donors (Lipinski definition) is 2. The molecule has 2 aromatic carbocycles. The van der Waals surface area contributed by atoms with Gasteiger partial charge in [0.25, 0.3) is 5.91 Å². The Morgan fingerprint density at radius 1 is 1.03 bits per heavy atom. The summed E-state index contributed by atoms with van der Waals surface area (Å²) < 4.78 is 1.77. The number of amides is 2. The van der Waals surface area contributed by atoms with Crippen LogP contribution in [0.1, 0.15) is 41.8 Å². The van der Waals surface area contributed by atoms with Crippen LogP contribution in [-0.4, -0.2) is 27.6 Å². The normalized spacial score (nSPS) is 11.9. The summed E-state index contributed by atoms with van der Waals surface area (Å²) in [5.74, 6) is -0.239. The lowest BCUT2D eigenvalue weighted by atomic mass is 10.0. The van der Waals surface area contributed by atoms with Crippen molar-refractivity contribution in [2.45, 2.75) is 39.8 Å². The van der Waals surface area contributed by atoms with Gasteiger partial charge in [-0.1, -0.05) is 62.4 Å². The highest BCUT2D eigenvalue weighted by Crippen LogP contribution is 2.13. The second kappa shape index (κ2) is 9.87. The number of anilines is 1. The molecule has 30 heavy (non-hydrogen) atoms. The minimum absolute atomic E-state index is 0.242. The second-order valence-electron chi connectivity index (χ2n) is 7.87. The van der Waals surface area contributed by atoms with Crippen LogP contribution in [0, 0.1) is 12.8 Å². The fraction of sp³-hybridized carbons (Fsp3) is 0.292. The molecule has 0 aliphatic heterocycles. The Kier molecular flexibility index (Phi) is 7.01. The quantitative estimate of drug-likeness (QED) is 0.595. The summed E-state index contributed by atoms with van der Waals surface area (Å²) in [6.07, 6.45) is 3.96. The monoisotopic (exact) mass is 404 g/mol. The lowest BCUT2D eigenvalue weighted by molar-refractivity contribution is -0.118. The highest BCUT2D eigenvalue weighted by atomic mass is 16.2. The van der Waals surface area contributed by atoms with Gasteiger partial charge >= 0.3 is 0 Å². The van der Waals surface area contributed by atoms with Gasteiger partial charge in [-0.25, -0.2) is 0 Å². The lowest BCUT2D eigenvalue weighted by Crippen LogP contribution is -2.44. The molecule has 1 heterocycles. The molecule has 6 heteroatoms. The van der Waals surface area contributed by atoms with Crippen molar-refractivity contribution >= 4 is 17.5 Å². The van der Waals surface area contributed by atoms with Crippen molar-refractivity contribution in [3.8, 4) is 0 Å². The van der Waals surface area contributed by atoms with Crippen molar-refractivity contribution in [1.29, 1.82) is 0 Å². The number of nitrogens with one attached hydrogen (secondary N) is 2. The first-order valence-electron chi connectivity index (χ1n) is 10.2. The van der Waals surface area contributed by atoms with E-state index in [-0.39, 0.29) is 17.7 Å². The molecule has 1 unspecified atom stereocenters. The first kappa shape index (κ1) is 21.3. The van der Waals surface area contributed by atoms with E-state index in [9.17, 15) is 9.59 Å². The van der Waals surface area contributed by atoms with E-state index in [1.165, 1.54) is 0 Å². The Labute approximate surface area is 177 Å². The summed E-state index contributed by atoms with van der Waals surface area (Å²) in [6.45, 7) is 6.56. The van der Waals surface area contributed by atoms with Crippen LogP contribution in [0.25, 0.3) is 0 Å². The molecule has 0 radical (unpaired) electrons. The van der Waals surface area contributed by atoms with Crippen LogP contribution in [0.5, 0.6) is 0 Å². The van der Waals surface area contributed by atoms with Gasteiger partial charge in [-0.05, 0) is 36.5 Å². The van der Waals surface area contributed by atoms with Crippen molar-refractivity contribution in [3.63, 3.8) is 0 Å². The van der Waals surface area contributed by atoms with Gasteiger partial charge < -0.3 is 10.6 Å². The third-order valence-electron chi connectivity index (χ3n) is 4.81. The largest absolute Gasteiger partial charge is 0.340 e. The molecule has 0 saturated heterocycles. The zero-order valence-corrected chi connectivity index (χ0v) is 17.6. The molecule has 3 rings (SSSR count). The van der Waals surface area contributed by atoms with Crippen LogP contribution in [0.3, 0.4) is 0 Å². The summed E-state index contributed by atoms with van der Waals surface area (Å²) in [5.41, 5.74) is 3.19. The first-order chi connectivity index (χ1) is 14.4. The van der Waals surface area contributed by atoms with E-state index < -0.39 is 6.04 Å². The van der Waals surface area contributed by atoms with Crippen LogP contribution in [0.4, 0.5) is 5.69 Å². The number of hydrogen-bond acceptors (Lipinski definition) is 3. The van der Waals surface area contributed by atoms with E-state index in [2.05, 4.69) is 15.7 Å². The molecule has 0 bridgehead atoms. The Morgan fingerprint density at radius 3 is 2.43 bits per heavy atom. The van der Waals surface area contributed by atoms with Gasteiger partial charge in [-0.15, -0.1) is 0 Å². The maximum Gasteiger partial charge on any atom is 0.252 e. The number of carbonyl (C=O) groups is 2. The van der Waals surface area contributed by atoms with Gasteiger partial charge in [0.2, 0.25) is 5.91 Å². The topological polar surface area (TPSA) is 76.0 Å². The van der Waals surface area contributed by atoms with Crippen LogP contribution >= 0.6 is 0 Å². The molecule has 2 amide bonds. The van der Waals surface area contributed by atoms with E-state index >= 15 is 0 Å². The van der Waals surface area contributed by atoms with Crippen LogP contribution < -0.4 is 10.6 Å². The molecular formula is C24H28N4O2. The van der Waals surface area contributed by atoms with Gasteiger partial charge in [0, 0.05) is 11.8 Å². The smallest absolute Gasteiger partial charge is 0.252 e. The van der Waals surface area contributed by atoms with E-state index in [1.54, 1.807) is 23.1 Å². The van der Waals surface area contributed by atoms with E-state index in [1.807, 2.05) is 69.3 Å². The molecule has 0 saturated carbocycles. The van der Waals surface area contributed by atoms with E-state index in [0.29, 0.717) is 24.2 Å². The molecular weight excluding hydrogens is 376 g/mol. The summed E-state index contributed by atoms with van der Waals surface area (Å²) in [4.78, 5) is 25.6. The highest BCUT2D eigenvalue weighted by molar-refractivity contribution is 6.01. The Hall–Kier alpha value is -3.41. The molecule has 2 N–H and O–H groups in total. The molecule has 0 aliphatic carbocycles. The summed E-state index contributed by atoms with van der Waals surface area (Å²) in [7, 11) is 0. The van der Waals surface area contributed by atoms with Gasteiger partial charge in [-0.2, -0.15) is 5.10 Å². The molecule has 1 aromatic heterocycles. The fourth-order valence-corrected chi connectivity index (χ4v) is 3.28. The number of carbonyl (C=O) groups excluding carboxylic acids is 2. The third-order valence-corrected chi connectivity index (χ3v) is 4.81. The van der Waals surface area contributed by atoms with Crippen LogP contribution in [0.2, 0.25) is 0 Å². The predicted molar refractivity (Wildman–Crippen MR) is 118 cm³/mol. The standard InChI is InChI=1S/C24H28N4O2/c1-17(2)13-22(27-23(29)21-12-8-7-9-18(21)3)24(30)26-20-14-25-28(16-20)15-19-10-5-4-6-11-19/h4-12,14,16-17,22H,13,15H2,1-3H3,(H,26,30)(H,27,29). The van der Waals surface area contributed by atoms with Gasteiger partial charge in [0.1, 0.15) is 6.04 Å². The van der Waals surface area contributed by atoms with Gasteiger partial charge in [0.05, 0.1) is 18.4 Å². The molecule has 0 fully saturated rings. The van der Waals surface area contributed by atoms with Crippen LogP contribution in [0.15, 0.2) is 67.0 Å². The Bertz CT molecular complexity index is 995. The summed E-state index contributed by atoms with van der Waals surface area (Å²) in [6, 6.07) is 16.7. The minimum atomic E-state index is -0.630.